The highest BCUT2D eigenvalue weighted by Crippen LogP contribution is 2.35. The molecule has 2 fully saturated rings. The van der Waals surface area contributed by atoms with Crippen molar-refractivity contribution in [2.24, 2.45) is 28.8 Å². The highest BCUT2D eigenvalue weighted by molar-refractivity contribution is 7.22. The summed E-state index contributed by atoms with van der Waals surface area (Å²) < 4.78 is 49.6. The van der Waals surface area contributed by atoms with Crippen molar-refractivity contribution < 1.29 is 76.2 Å². The van der Waals surface area contributed by atoms with Crippen LogP contribution in [0.4, 0.5) is 5.13 Å². The third kappa shape index (κ3) is 15.9. The summed E-state index contributed by atoms with van der Waals surface area (Å²) in [6.07, 6.45) is 7.48. The Morgan fingerprint density at radius 3 is 1.45 bits per heavy atom. The molecule has 1 aromatic heterocycles. The van der Waals surface area contributed by atoms with Gasteiger partial charge in [-0.3, -0.25) is 19.2 Å². The molecule has 5 aromatic rings. The van der Waals surface area contributed by atoms with Gasteiger partial charge in [-0.15, -0.1) is 0 Å². The van der Waals surface area contributed by atoms with Crippen molar-refractivity contribution in [2.75, 3.05) is 31.7 Å². The molecular formula is C55H53N3O16S. The molecule has 0 spiro atoms. The molecular weight excluding hydrogens is 991 g/mol. The maximum absolute atomic E-state index is 13.8. The minimum atomic E-state index is -0.627. The van der Waals surface area contributed by atoms with Crippen molar-refractivity contribution in [1.82, 2.24) is 4.98 Å². The first kappa shape index (κ1) is 54.1. The number of ether oxygens (including phenoxy) is 9. The SMILES string of the molecule is C=CC(=O)OCCN(/N=C/c1cc(OC(=O)C2CCC(C(=O)Oc3ccc(OCOC(=O)C=C)cc3)CC2)ccc1OC(=O)C1CCC(C(=O)Oc2ccc(OCOC(=O)C=C)cc2)CC1)c1nc2ccccc2s1. The summed E-state index contributed by atoms with van der Waals surface area (Å²) in [6.45, 7) is 9.51. The van der Waals surface area contributed by atoms with Crippen LogP contribution in [0.15, 0.2) is 134 Å². The van der Waals surface area contributed by atoms with Crippen LogP contribution in [0, 0.1) is 23.7 Å². The van der Waals surface area contributed by atoms with Gasteiger partial charge in [-0.05, 0) is 130 Å². The monoisotopic (exact) mass is 1040 g/mol. The second-order valence-corrected chi connectivity index (χ2v) is 18.0. The van der Waals surface area contributed by atoms with Gasteiger partial charge >= 0.3 is 41.8 Å². The van der Waals surface area contributed by atoms with Crippen LogP contribution >= 0.6 is 11.3 Å². The number of hydrazone groups is 1. The topological polar surface area (TPSA) is 231 Å². The third-order valence-electron chi connectivity index (χ3n) is 12.0. The van der Waals surface area contributed by atoms with Crippen molar-refractivity contribution in [3.63, 3.8) is 0 Å². The number of anilines is 1. The number of hydrogen-bond donors (Lipinski definition) is 0. The Morgan fingerprint density at radius 2 is 0.973 bits per heavy atom. The molecule has 2 aliphatic carbocycles. The molecule has 4 aromatic carbocycles. The fourth-order valence-electron chi connectivity index (χ4n) is 7.94. The summed E-state index contributed by atoms with van der Waals surface area (Å²) in [6, 6.07) is 24.5. The Bertz CT molecular complexity index is 2870. The number of esters is 7. The van der Waals surface area contributed by atoms with Gasteiger partial charge in [0.15, 0.2) is 0 Å². The summed E-state index contributed by atoms with van der Waals surface area (Å²) >= 11 is 1.36. The first-order valence-corrected chi connectivity index (χ1v) is 24.7. The van der Waals surface area contributed by atoms with Gasteiger partial charge in [0.05, 0.1) is 46.6 Å². The summed E-state index contributed by atoms with van der Waals surface area (Å²) in [5.41, 5.74) is 1.00. The molecule has 1 heterocycles. The Hall–Kier alpha value is -8.65. The van der Waals surface area contributed by atoms with Crippen molar-refractivity contribution in [3.05, 3.63) is 135 Å². The number of nitrogens with zero attached hydrogens (tertiary/aromatic N) is 3. The smallest absolute Gasteiger partial charge is 0.333 e. The van der Waals surface area contributed by atoms with Crippen LogP contribution < -0.4 is 33.4 Å². The average Bonchev–Trinajstić information content (AvgIpc) is 3.87. The maximum Gasteiger partial charge on any atom is 0.333 e. The number of thiazole rings is 1. The van der Waals surface area contributed by atoms with E-state index in [4.69, 9.17) is 52.7 Å². The van der Waals surface area contributed by atoms with Crippen molar-refractivity contribution >= 4 is 74.7 Å². The second-order valence-electron chi connectivity index (χ2n) is 17.0. The van der Waals surface area contributed by atoms with E-state index in [1.807, 2.05) is 24.3 Å². The number of rotatable bonds is 23. The van der Waals surface area contributed by atoms with Gasteiger partial charge < -0.3 is 42.6 Å². The Morgan fingerprint density at radius 1 is 0.547 bits per heavy atom. The standard InChI is InChI=1S/C55H53N3O16S/c1-4-48(59)66-30-29-58(55-57-45-9-7-8-10-47(45)75-55)56-32-39-31-44(73-53(64)37-13-11-35(12-14-37)51(62)71-42-23-19-40(20-24-42)67-33-69-49(60)5-2)27-28-46(39)74-54(65)38-17-15-36(16-18-38)52(63)72-43-25-21-41(22-26-43)68-34-70-50(61)6-3/h4-10,19-28,31-32,35-38H,1-3,11-18,29-30,33-34H2/b56-32+. The molecule has 75 heavy (non-hydrogen) atoms. The molecule has 0 N–H and O–H groups in total. The lowest BCUT2D eigenvalue weighted by Gasteiger charge is -2.26. The summed E-state index contributed by atoms with van der Waals surface area (Å²) in [4.78, 5) is 92.8. The summed E-state index contributed by atoms with van der Waals surface area (Å²) in [5, 5.41) is 6.73. The molecule has 390 valence electrons. The molecule has 2 saturated carbocycles. The first-order chi connectivity index (χ1) is 36.4. The van der Waals surface area contributed by atoms with E-state index in [0.29, 0.717) is 79.5 Å². The predicted octanol–water partition coefficient (Wildman–Crippen LogP) is 8.63. The normalized spacial score (nSPS) is 17.1. The van der Waals surface area contributed by atoms with E-state index in [1.165, 1.54) is 40.8 Å². The van der Waals surface area contributed by atoms with Gasteiger partial charge in [-0.25, -0.2) is 24.4 Å². The molecule has 0 unspecified atom stereocenters. The molecule has 0 aliphatic heterocycles. The Labute approximate surface area is 435 Å². The van der Waals surface area contributed by atoms with Crippen LogP contribution in [-0.4, -0.2) is 79.7 Å². The predicted molar refractivity (Wildman–Crippen MR) is 272 cm³/mol. The van der Waals surface area contributed by atoms with Gasteiger partial charge in [0.1, 0.15) is 41.1 Å². The van der Waals surface area contributed by atoms with Crippen LogP contribution in [0.5, 0.6) is 34.5 Å². The molecule has 0 atom stereocenters. The van der Waals surface area contributed by atoms with E-state index < -0.39 is 65.5 Å². The zero-order valence-corrected chi connectivity index (χ0v) is 41.5. The van der Waals surface area contributed by atoms with E-state index in [1.54, 1.807) is 48.5 Å². The van der Waals surface area contributed by atoms with Gasteiger partial charge in [-0.2, -0.15) is 5.10 Å². The summed E-state index contributed by atoms with van der Waals surface area (Å²) in [5.74, 6) is -4.08. The minimum Gasteiger partial charge on any atom is -0.461 e. The quantitative estimate of drug-likeness (QED) is 0.0113. The number of fused-ring (bicyclic) bond motifs is 1. The number of hydrogen-bond acceptors (Lipinski definition) is 20. The maximum atomic E-state index is 13.8. The molecule has 0 saturated heterocycles. The van der Waals surface area contributed by atoms with Gasteiger partial charge in [0.25, 0.3) is 0 Å². The first-order valence-electron chi connectivity index (χ1n) is 23.9. The van der Waals surface area contributed by atoms with Crippen molar-refractivity contribution in [2.45, 2.75) is 51.4 Å². The van der Waals surface area contributed by atoms with Crippen molar-refractivity contribution in [1.29, 1.82) is 0 Å². The zero-order chi connectivity index (χ0) is 53.1. The minimum absolute atomic E-state index is 0.0633. The van der Waals surface area contributed by atoms with Crippen molar-refractivity contribution in [3.8, 4) is 34.5 Å². The van der Waals surface area contributed by atoms with Gasteiger partial charge in [0, 0.05) is 23.8 Å². The number of carbonyl (C=O) groups excluding carboxylic acids is 7. The lowest BCUT2D eigenvalue weighted by atomic mass is 9.82. The largest absolute Gasteiger partial charge is 0.461 e. The van der Waals surface area contributed by atoms with Crippen LogP contribution in [0.2, 0.25) is 0 Å². The molecule has 0 amide bonds. The average molecular weight is 1040 g/mol. The Kier molecular flexibility index (Phi) is 19.4. The van der Waals surface area contributed by atoms with Crippen LogP contribution in [-0.2, 0) is 47.8 Å². The number of benzene rings is 4. The van der Waals surface area contributed by atoms with E-state index in [9.17, 15) is 33.6 Å². The zero-order valence-electron chi connectivity index (χ0n) is 40.7. The van der Waals surface area contributed by atoms with Crippen LogP contribution in [0.3, 0.4) is 0 Å². The molecule has 7 rings (SSSR count). The lowest BCUT2D eigenvalue weighted by Crippen LogP contribution is -2.30. The third-order valence-corrected chi connectivity index (χ3v) is 13.1. The van der Waals surface area contributed by atoms with E-state index >= 15 is 0 Å². The number of aromatic nitrogens is 1. The molecule has 19 nitrogen and oxygen atoms in total. The fourth-order valence-corrected chi connectivity index (χ4v) is 8.89. The number of carbonyl (C=O) groups is 7. The number of para-hydroxylation sites is 1. The Balaban J connectivity index is 0.989. The van der Waals surface area contributed by atoms with E-state index in [-0.39, 0.29) is 43.8 Å². The molecule has 2 aliphatic rings. The lowest BCUT2D eigenvalue weighted by molar-refractivity contribution is -0.145. The molecule has 20 heteroatoms. The summed E-state index contributed by atoms with van der Waals surface area (Å²) in [7, 11) is 0. The highest BCUT2D eigenvalue weighted by Gasteiger charge is 2.34. The highest BCUT2D eigenvalue weighted by atomic mass is 32.1. The van der Waals surface area contributed by atoms with Gasteiger partial charge in [-0.1, -0.05) is 43.2 Å². The molecule has 0 radical (unpaired) electrons. The van der Waals surface area contributed by atoms with E-state index in [2.05, 4.69) is 19.7 Å². The van der Waals surface area contributed by atoms with Crippen LogP contribution in [0.1, 0.15) is 56.9 Å². The van der Waals surface area contributed by atoms with E-state index in [0.717, 1.165) is 28.4 Å². The van der Waals surface area contributed by atoms with Crippen LogP contribution in [0.25, 0.3) is 10.2 Å². The molecule has 0 bridgehead atoms. The van der Waals surface area contributed by atoms with Gasteiger partial charge in [0.2, 0.25) is 18.7 Å². The second kappa shape index (κ2) is 26.9. The fraction of sp³-hybridized carbons (Fsp3) is 0.291.